The fourth-order valence-corrected chi connectivity index (χ4v) is 1.90. The summed E-state index contributed by atoms with van der Waals surface area (Å²) in [7, 11) is 0. The Hall–Kier alpha value is -2.14. The minimum atomic E-state index is 0.529. The van der Waals surface area contributed by atoms with Crippen molar-refractivity contribution < 1.29 is 0 Å². The molecule has 0 fully saturated rings. The first-order chi connectivity index (χ1) is 9.33. The summed E-state index contributed by atoms with van der Waals surface area (Å²) in [5.74, 6) is 0.529. The maximum atomic E-state index is 4.30. The topological polar surface area (TPSA) is 51.6 Å². The number of hydrogen-bond donors (Lipinski definition) is 0. The minimum absolute atomic E-state index is 0.529. The average molecular weight is 313 g/mol. The van der Waals surface area contributed by atoms with Gasteiger partial charge in [0.2, 0.25) is 0 Å². The Balaban J connectivity index is 1.93. The standard InChI is InChI=1S/C14H9BrN4/c15-11-6-4-10(5-7-11)13-9-17-14(19-18-13)12-3-1-2-8-16-12/h1-9H. The lowest BCUT2D eigenvalue weighted by molar-refractivity contribution is 0.977. The first kappa shape index (κ1) is 11.9. The number of hydrogen-bond acceptors (Lipinski definition) is 4. The van der Waals surface area contributed by atoms with Crippen LogP contribution in [0.25, 0.3) is 22.8 Å². The zero-order valence-corrected chi connectivity index (χ0v) is 11.4. The molecule has 0 amide bonds. The van der Waals surface area contributed by atoms with E-state index in [1.54, 1.807) is 12.4 Å². The largest absolute Gasteiger partial charge is 0.253 e. The Kier molecular flexibility index (Phi) is 3.29. The van der Waals surface area contributed by atoms with Crippen LogP contribution in [0.5, 0.6) is 0 Å². The van der Waals surface area contributed by atoms with E-state index in [0.29, 0.717) is 5.82 Å². The van der Waals surface area contributed by atoms with Gasteiger partial charge in [0.05, 0.1) is 6.20 Å². The molecule has 0 saturated heterocycles. The molecular weight excluding hydrogens is 304 g/mol. The van der Waals surface area contributed by atoms with Crippen LogP contribution < -0.4 is 0 Å². The molecule has 0 unspecified atom stereocenters. The molecule has 0 aliphatic rings. The molecule has 0 saturated carbocycles. The molecule has 0 N–H and O–H groups in total. The second-order valence-corrected chi connectivity index (χ2v) is 4.80. The highest BCUT2D eigenvalue weighted by Crippen LogP contribution is 2.19. The van der Waals surface area contributed by atoms with Crippen molar-refractivity contribution in [2.24, 2.45) is 0 Å². The summed E-state index contributed by atoms with van der Waals surface area (Å²) in [6, 6.07) is 13.5. The highest BCUT2D eigenvalue weighted by Gasteiger charge is 2.05. The van der Waals surface area contributed by atoms with Crippen LogP contribution in [0, 0.1) is 0 Å². The van der Waals surface area contributed by atoms with E-state index in [0.717, 1.165) is 21.4 Å². The monoisotopic (exact) mass is 312 g/mol. The number of rotatable bonds is 2. The van der Waals surface area contributed by atoms with Gasteiger partial charge in [0, 0.05) is 16.2 Å². The van der Waals surface area contributed by atoms with Crippen molar-refractivity contribution in [3.8, 4) is 22.8 Å². The summed E-state index contributed by atoms with van der Waals surface area (Å²) >= 11 is 3.40. The molecule has 3 aromatic rings. The summed E-state index contributed by atoms with van der Waals surface area (Å²) in [6.07, 6.45) is 3.42. The first-order valence-corrected chi connectivity index (χ1v) is 6.49. The quantitative estimate of drug-likeness (QED) is 0.728. The third kappa shape index (κ3) is 2.66. The number of halogens is 1. The predicted octanol–water partition coefficient (Wildman–Crippen LogP) is 3.36. The Morgan fingerprint density at radius 1 is 0.789 bits per heavy atom. The highest BCUT2D eigenvalue weighted by atomic mass is 79.9. The molecule has 0 aliphatic carbocycles. The van der Waals surface area contributed by atoms with E-state index in [-0.39, 0.29) is 0 Å². The van der Waals surface area contributed by atoms with Crippen molar-refractivity contribution in [3.05, 3.63) is 59.3 Å². The Morgan fingerprint density at radius 3 is 2.26 bits per heavy atom. The molecule has 0 radical (unpaired) electrons. The lowest BCUT2D eigenvalue weighted by Crippen LogP contribution is -1.95. The van der Waals surface area contributed by atoms with E-state index in [1.807, 2.05) is 42.5 Å². The van der Waals surface area contributed by atoms with Crippen LogP contribution in [0.1, 0.15) is 0 Å². The van der Waals surface area contributed by atoms with E-state index in [1.165, 1.54) is 0 Å². The van der Waals surface area contributed by atoms with Gasteiger partial charge in [0.1, 0.15) is 11.4 Å². The third-order valence-corrected chi connectivity index (χ3v) is 3.12. The molecule has 1 aromatic carbocycles. The molecule has 0 aliphatic heterocycles. The second kappa shape index (κ2) is 5.24. The third-order valence-electron chi connectivity index (χ3n) is 2.60. The average Bonchev–Trinajstić information content (AvgIpc) is 2.49. The van der Waals surface area contributed by atoms with Crippen molar-refractivity contribution in [3.63, 3.8) is 0 Å². The van der Waals surface area contributed by atoms with Gasteiger partial charge in [-0.25, -0.2) is 4.98 Å². The van der Waals surface area contributed by atoms with Crippen molar-refractivity contribution in [1.82, 2.24) is 20.2 Å². The van der Waals surface area contributed by atoms with Gasteiger partial charge in [-0.2, -0.15) is 0 Å². The number of nitrogens with zero attached hydrogens (tertiary/aromatic N) is 4. The molecule has 3 rings (SSSR count). The van der Waals surface area contributed by atoms with Crippen molar-refractivity contribution in [1.29, 1.82) is 0 Å². The molecule has 4 nitrogen and oxygen atoms in total. The zero-order chi connectivity index (χ0) is 13.1. The SMILES string of the molecule is Brc1ccc(-c2cnc(-c3ccccn3)nn2)cc1. The summed E-state index contributed by atoms with van der Waals surface area (Å²) < 4.78 is 1.03. The second-order valence-electron chi connectivity index (χ2n) is 3.89. The molecule has 0 spiro atoms. The fourth-order valence-electron chi connectivity index (χ4n) is 1.64. The van der Waals surface area contributed by atoms with E-state index < -0.39 is 0 Å². The molecule has 0 bridgehead atoms. The molecule has 2 aromatic heterocycles. The van der Waals surface area contributed by atoms with E-state index in [9.17, 15) is 0 Å². The summed E-state index contributed by atoms with van der Waals surface area (Å²) in [5.41, 5.74) is 2.44. The number of aromatic nitrogens is 4. The van der Waals surface area contributed by atoms with Gasteiger partial charge in [0.25, 0.3) is 0 Å². The van der Waals surface area contributed by atoms with Crippen LogP contribution in [0.2, 0.25) is 0 Å². The maximum Gasteiger partial charge on any atom is 0.200 e. The molecule has 2 heterocycles. The summed E-state index contributed by atoms with van der Waals surface area (Å²) in [6.45, 7) is 0. The zero-order valence-electron chi connectivity index (χ0n) is 9.86. The van der Waals surface area contributed by atoms with Gasteiger partial charge in [-0.3, -0.25) is 4.98 Å². The Bertz CT molecular complexity index is 666. The lowest BCUT2D eigenvalue weighted by atomic mass is 10.2. The van der Waals surface area contributed by atoms with Crippen molar-refractivity contribution in [2.75, 3.05) is 0 Å². The van der Waals surface area contributed by atoms with Gasteiger partial charge in [-0.05, 0) is 24.3 Å². The fraction of sp³-hybridized carbons (Fsp3) is 0. The van der Waals surface area contributed by atoms with Gasteiger partial charge >= 0.3 is 0 Å². The van der Waals surface area contributed by atoms with Crippen LogP contribution in [0.3, 0.4) is 0 Å². The molecule has 5 heteroatoms. The predicted molar refractivity (Wildman–Crippen MR) is 76.2 cm³/mol. The molecule has 92 valence electrons. The highest BCUT2D eigenvalue weighted by molar-refractivity contribution is 9.10. The molecular formula is C14H9BrN4. The molecule has 0 atom stereocenters. The van der Waals surface area contributed by atoms with Crippen LogP contribution in [0.4, 0.5) is 0 Å². The van der Waals surface area contributed by atoms with Crippen LogP contribution >= 0.6 is 15.9 Å². The number of pyridine rings is 1. The minimum Gasteiger partial charge on any atom is -0.253 e. The van der Waals surface area contributed by atoms with E-state index in [4.69, 9.17) is 0 Å². The van der Waals surface area contributed by atoms with Gasteiger partial charge < -0.3 is 0 Å². The number of benzene rings is 1. The van der Waals surface area contributed by atoms with Crippen molar-refractivity contribution >= 4 is 15.9 Å². The molecule has 19 heavy (non-hydrogen) atoms. The Labute approximate surface area is 118 Å². The van der Waals surface area contributed by atoms with Crippen LogP contribution in [-0.4, -0.2) is 20.2 Å². The van der Waals surface area contributed by atoms with Gasteiger partial charge in [-0.1, -0.05) is 34.1 Å². The van der Waals surface area contributed by atoms with Gasteiger partial charge in [-0.15, -0.1) is 10.2 Å². The van der Waals surface area contributed by atoms with Crippen molar-refractivity contribution in [2.45, 2.75) is 0 Å². The first-order valence-electron chi connectivity index (χ1n) is 5.70. The van der Waals surface area contributed by atoms with Crippen LogP contribution in [0.15, 0.2) is 59.3 Å². The van der Waals surface area contributed by atoms with Crippen LogP contribution in [-0.2, 0) is 0 Å². The van der Waals surface area contributed by atoms with E-state index in [2.05, 4.69) is 36.1 Å². The maximum absolute atomic E-state index is 4.30. The Morgan fingerprint density at radius 2 is 1.63 bits per heavy atom. The van der Waals surface area contributed by atoms with E-state index >= 15 is 0 Å². The smallest absolute Gasteiger partial charge is 0.200 e. The summed E-state index contributed by atoms with van der Waals surface area (Å²) in [5, 5.41) is 8.30. The lowest BCUT2D eigenvalue weighted by Gasteiger charge is -2.01. The normalized spacial score (nSPS) is 10.4. The van der Waals surface area contributed by atoms with Gasteiger partial charge in [0.15, 0.2) is 5.82 Å². The summed E-state index contributed by atoms with van der Waals surface area (Å²) in [4.78, 5) is 8.49.